The first-order valence-electron chi connectivity index (χ1n) is 4.71. The van der Waals surface area contributed by atoms with Crippen molar-refractivity contribution >= 4 is 21.6 Å². The lowest BCUT2D eigenvalue weighted by Gasteiger charge is -2.08. The van der Waals surface area contributed by atoms with Gasteiger partial charge in [-0.3, -0.25) is 4.98 Å². The van der Waals surface area contributed by atoms with Crippen molar-refractivity contribution in [3.8, 4) is 0 Å². The zero-order valence-corrected chi connectivity index (χ0v) is 9.84. The standard InChI is InChI=1S/C10H15BrN2O/c1-8-10(6-9(11)7-13-8)12-4-2-3-5-14/h6-7,12,14H,2-5H2,1H3. The van der Waals surface area contributed by atoms with Gasteiger partial charge in [-0.15, -0.1) is 0 Å². The highest BCUT2D eigenvalue weighted by Gasteiger charge is 1.98. The maximum atomic E-state index is 8.61. The molecule has 0 aliphatic heterocycles. The first-order chi connectivity index (χ1) is 6.74. The van der Waals surface area contributed by atoms with E-state index in [-0.39, 0.29) is 6.61 Å². The smallest absolute Gasteiger partial charge is 0.0604 e. The lowest BCUT2D eigenvalue weighted by Crippen LogP contribution is -2.04. The third kappa shape index (κ3) is 3.64. The molecule has 0 radical (unpaired) electrons. The molecule has 78 valence electrons. The maximum absolute atomic E-state index is 8.61. The fourth-order valence-electron chi connectivity index (χ4n) is 1.15. The highest BCUT2D eigenvalue weighted by Crippen LogP contribution is 2.17. The number of rotatable bonds is 5. The number of hydrogen-bond donors (Lipinski definition) is 2. The van der Waals surface area contributed by atoms with Gasteiger partial charge >= 0.3 is 0 Å². The molecule has 1 heterocycles. The van der Waals surface area contributed by atoms with Crippen LogP contribution < -0.4 is 5.32 Å². The molecule has 0 saturated heterocycles. The SMILES string of the molecule is Cc1ncc(Br)cc1NCCCCO. The third-order valence-electron chi connectivity index (χ3n) is 1.95. The molecule has 1 aromatic heterocycles. The lowest BCUT2D eigenvalue weighted by atomic mass is 10.3. The van der Waals surface area contributed by atoms with Gasteiger partial charge in [-0.2, -0.15) is 0 Å². The van der Waals surface area contributed by atoms with Crippen molar-refractivity contribution < 1.29 is 5.11 Å². The summed E-state index contributed by atoms with van der Waals surface area (Å²) in [6.45, 7) is 3.11. The van der Waals surface area contributed by atoms with E-state index in [2.05, 4.69) is 26.2 Å². The molecule has 1 aromatic rings. The van der Waals surface area contributed by atoms with Crippen LogP contribution in [0, 0.1) is 6.92 Å². The Morgan fingerprint density at radius 1 is 1.50 bits per heavy atom. The molecular formula is C10H15BrN2O. The third-order valence-corrected chi connectivity index (χ3v) is 2.39. The molecular weight excluding hydrogens is 244 g/mol. The number of nitrogens with zero attached hydrogens (tertiary/aromatic N) is 1. The minimum absolute atomic E-state index is 0.261. The number of aromatic nitrogens is 1. The summed E-state index contributed by atoms with van der Waals surface area (Å²) in [4.78, 5) is 4.22. The predicted molar refractivity (Wildman–Crippen MR) is 61.5 cm³/mol. The zero-order chi connectivity index (χ0) is 10.4. The molecule has 0 atom stereocenters. The van der Waals surface area contributed by atoms with Crippen LogP contribution in [-0.4, -0.2) is 23.2 Å². The monoisotopic (exact) mass is 258 g/mol. The van der Waals surface area contributed by atoms with Crippen LogP contribution >= 0.6 is 15.9 Å². The minimum atomic E-state index is 0.261. The first-order valence-corrected chi connectivity index (χ1v) is 5.50. The number of nitrogens with one attached hydrogen (secondary N) is 1. The van der Waals surface area contributed by atoms with E-state index in [1.54, 1.807) is 6.20 Å². The molecule has 0 amide bonds. The van der Waals surface area contributed by atoms with Gasteiger partial charge in [-0.25, -0.2) is 0 Å². The molecule has 4 heteroatoms. The summed E-state index contributed by atoms with van der Waals surface area (Å²) in [6, 6.07) is 2.02. The summed E-state index contributed by atoms with van der Waals surface area (Å²) in [5, 5.41) is 11.9. The highest BCUT2D eigenvalue weighted by molar-refractivity contribution is 9.10. The zero-order valence-electron chi connectivity index (χ0n) is 8.26. The van der Waals surface area contributed by atoms with E-state index in [1.807, 2.05) is 13.0 Å². The van der Waals surface area contributed by atoms with Gasteiger partial charge in [-0.05, 0) is 41.8 Å². The summed E-state index contributed by atoms with van der Waals surface area (Å²) in [6.07, 6.45) is 3.60. The van der Waals surface area contributed by atoms with Crippen LogP contribution in [-0.2, 0) is 0 Å². The number of halogens is 1. The van der Waals surface area contributed by atoms with E-state index in [9.17, 15) is 0 Å². The number of hydrogen-bond acceptors (Lipinski definition) is 3. The maximum Gasteiger partial charge on any atom is 0.0604 e. The molecule has 2 N–H and O–H groups in total. The van der Waals surface area contributed by atoms with Crippen LogP contribution in [0.4, 0.5) is 5.69 Å². The van der Waals surface area contributed by atoms with Gasteiger partial charge in [-0.1, -0.05) is 0 Å². The van der Waals surface area contributed by atoms with Crippen molar-refractivity contribution in [2.45, 2.75) is 19.8 Å². The Hall–Kier alpha value is -0.610. The van der Waals surface area contributed by atoms with Gasteiger partial charge in [0.15, 0.2) is 0 Å². The molecule has 0 unspecified atom stereocenters. The first kappa shape index (κ1) is 11.5. The van der Waals surface area contributed by atoms with Crippen molar-refractivity contribution in [2.24, 2.45) is 0 Å². The Labute approximate surface area is 92.7 Å². The summed E-state index contributed by atoms with van der Waals surface area (Å²) in [5.74, 6) is 0. The Balaban J connectivity index is 2.45. The Morgan fingerprint density at radius 2 is 2.29 bits per heavy atom. The molecule has 0 aliphatic rings. The number of unbranched alkanes of at least 4 members (excludes halogenated alkanes) is 1. The molecule has 0 fully saturated rings. The van der Waals surface area contributed by atoms with Gasteiger partial charge in [0.25, 0.3) is 0 Å². The van der Waals surface area contributed by atoms with E-state index >= 15 is 0 Å². The largest absolute Gasteiger partial charge is 0.396 e. The number of aliphatic hydroxyl groups is 1. The van der Waals surface area contributed by atoms with Gasteiger partial charge < -0.3 is 10.4 Å². The van der Waals surface area contributed by atoms with E-state index in [4.69, 9.17) is 5.11 Å². The van der Waals surface area contributed by atoms with Gasteiger partial charge in [0.05, 0.1) is 11.4 Å². The summed E-state index contributed by atoms with van der Waals surface area (Å²) in [5.41, 5.74) is 2.05. The fraction of sp³-hybridized carbons (Fsp3) is 0.500. The van der Waals surface area contributed by atoms with Crippen LogP contribution in [0.1, 0.15) is 18.5 Å². The van der Waals surface area contributed by atoms with Crippen LogP contribution in [0.5, 0.6) is 0 Å². The van der Waals surface area contributed by atoms with Gasteiger partial charge in [0, 0.05) is 23.8 Å². The van der Waals surface area contributed by atoms with Crippen molar-refractivity contribution in [1.82, 2.24) is 4.98 Å². The fourth-order valence-corrected chi connectivity index (χ4v) is 1.48. The van der Waals surface area contributed by atoms with Crippen molar-refractivity contribution in [3.05, 3.63) is 22.4 Å². The van der Waals surface area contributed by atoms with E-state index in [0.29, 0.717) is 0 Å². The number of pyridine rings is 1. The van der Waals surface area contributed by atoms with Gasteiger partial charge in [0.2, 0.25) is 0 Å². The van der Waals surface area contributed by atoms with Crippen LogP contribution in [0.15, 0.2) is 16.7 Å². The molecule has 0 saturated carbocycles. The average Bonchev–Trinajstić information content (AvgIpc) is 2.18. The highest BCUT2D eigenvalue weighted by atomic mass is 79.9. The van der Waals surface area contributed by atoms with Crippen molar-refractivity contribution in [1.29, 1.82) is 0 Å². The van der Waals surface area contributed by atoms with Crippen molar-refractivity contribution in [2.75, 3.05) is 18.5 Å². The second-order valence-electron chi connectivity index (χ2n) is 3.14. The number of aryl methyl sites for hydroxylation is 1. The van der Waals surface area contributed by atoms with Crippen LogP contribution in [0.2, 0.25) is 0 Å². The minimum Gasteiger partial charge on any atom is -0.396 e. The summed E-state index contributed by atoms with van der Waals surface area (Å²) in [7, 11) is 0. The normalized spacial score (nSPS) is 10.2. The molecule has 0 aromatic carbocycles. The lowest BCUT2D eigenvalue weighted by molar-refractivity contribution is 0.286. The molecule has 1 rings (SSSR count). The second kappa shape index (κ2) is 5.98. The quantitative estimate of drug-likeness (QED) is 0.798. The van der Waals surface area contributed by atoms with E-state index in [1.165, 1.54) is 0 Å². The number of aliphatic hydroxyl groups excluding tert-OH is 1. The topological polar surface area (TPSA) is 45.2 Å². The molecule has 0 spiro atoms. The van der Waals surface area contributed by atoms with E-state index < -0.39 is 0 Å². The summed E-state index contributed by atoms with van der Waals surface area (Å²) >= 11 is 3.38. The average molecular weight is 259 g/mol. The Kier molecular flexibility index (Phi) is 4.90. The molecule has 14 heavy (non-hydrogen) atoms. The van der Waals surface area contributed by atoms with Crippen LogP contribution in [0.3, 0.4) is 0 Å². The predicted octanol–water partition coefficient (Wildman–Crippen LogP) is 2.34. The van der Waals surface area contributed by atoms with Crippen LogP contribution in [0.25, 0.3) is 0 Å². The Bertz CT molecular complexity index is 291. The van der Waals surface area contributed by atoms with Gasteiger partial charge in [0.1, 0.15) is 0 Å². The number of anilines is 1. The van der Waals surface area contributed by atoms with Crippen molar-refractivity contribution in [3.63, 3.8) is 0 Å². The molecule has 0 aliphatic carbocycles. The Morgan fingerprint density at radius 3 is 3.00 bits per heavy atom. The van der Waals surface area contributed by atoms with E-state index in [0.717, 1.165) is 35.2 Å². The summed E-state index contributed by atoms with van der Waals surface area (Å²) < 4.78 is 0.979. The second-order valence-corrected chi connectivity index (χ2v) is 4.06. The molecule has 3 nitrogen and oxygen atoms in total. The molecule has 0 bridgehead atoms.